The average Bonchev–Trinajstić information content (AvgIpc) is 2.29. The van der Waals surface area contributed by atoms with Gasteiger partial charge in [0.05, 0.1) is 0 Å². The number of carbonyl (C=O) groups is 1. The summed E-state index contributed by atoms with van der Waals surface area (Å²) < 4.78 is 0. The van der Waals surface area contributed by atoms with Crippen LogP contribution in [0.5, 0.6) is 0 Å². The number of rotatable bonds is 5. The Kier molecular flexibility index (Phi) is 6.10. The van der Waals surface area contributed by atoms with Gasteiger partial charge < -0.3 is 10.2 Å². The maximum atomic E-state index is 11.8. The highest BCUT2D eigenvalue weighted by molar-refractivity contribution is 7.98. The summed E-state index contributed by atoms with van der Waals surface area (Å²) in [5.74, 6) is 1.43. The van der Waals surface area contributed by atoms with Gasteiger partial charge in [-0.1, -0.05) is 0 Å². The molecule has 1 N–H and O–H groups in total. The van der Waals surface area contributed by atoms with Crippen molar-refractivity contribution in [3.8, 4) is 0 Å². The number of likely N-dealkylation sites (tertiary alicyclic amines) is 1. The Bertz CT molecular complexity index is 199. The van der Waals surface area contributed by atoms with Crippen LogP contribution < -0.4 is 5.32 Å². The van der Waals surface area contributed by atoms with Gasteiger partial charge in [0.1, 0.15) is 0 Å². The maximum absolute atomic E-state index is 11.8. The van der Waals surface area contributed by atoms with Crippen molar-refractivity contribution < 1.29 is 4.79 Å². The fourth-order valence-electron chi connectivity index (χ4n) is 1.97. The molecule has 0 bridgehead atoms. The van der Waals surface area contributed by atoms with Crippen LogP contribution in [0.1, 0.15) is 25.7 Å². The van der Waals surface area contributed by atoms with E-state index in [1.54, 1.807) is 0 Å². The summed E-state index contributed by atoms with van der Waals surface area (Å²) in [5.41, 5.74) is 0. The lowest BCUT2D eigenvalue weighted by atomic mass is 10.1. The number of piperidine rings is 1. The average molecular weight is 230 g/mol. The van der Waals surface area contributed by atoms with E-state index in [0.717, 1.165) is 38.1 Å². The summed E-state index contributed by atoms with van der Waals surface area (Å²) in [5, 5.41) is 3.26. The molecule has 1 fully saturated rings. The van der Waals surface area contributed by atoms with E-state index in [0.29, 0.717) is 11.9 Å². The number of carbonyl (C=O) groups excluding carboxylic acids is 1. The van der Waals surface area contributed by atoms with Gasteiger partial charge in [-0.2, -0.15) is 11.8 Å². The first-order valence-corrected chi connectivity index (χ1v) is 7.11. The third kappa shape index (κ3) is 4.43. The Balaban J connectivity index is 2.25. The van der Waals surface area contributed by atoms with Gasteiger partial charge >= 0.3 is 0 Å². The number of thioether (sulfide) groups is 1. The van der Waals surface area contributed by atoms with Gasteiger partial charge in [0, 0.05) is 25.6 Å². The molecule has 1 unspecified atom stereocenters. The topological polar surface area (TPSA) is 32.3 Å². The first-order valence-electron chi connectivity index (χ1n) is 5.72. The number of likely N-dealkylation sites (N-methyl/N-ethyl adjacent to an activating group) is 1. The van der Waals surface area contributed by atoms with E-state index in [9.17, 15) is 4.79 Å². The Morgan fingerprint density at radius 3 is 3.07 bits per heavy atom. The largest absolute Gasteiger partial charge is 0.341 e. The molecule has 15 heavy (non-hydrogen) atoms. The van der Waals surface area contributed by atoms with E-state index in [2.05, 4.69) is 11.6 Å². The molecule has 0 aliphatic carbocycles. The van der Waals surface area contributed by atoms with Crippen LogP contribution in [0.2, 0.25) is 0 Å². The van der Waals surface area contributed by atoms with Crippen LogP contribution in [0.15, 0.2) is 0 Å². The molecule has 0 spiro atoms. The molecule has 1 heterocycles. The Labute approximate surface area is 97.0 Å². The smallest absolute Gasteiger partial charge is 0.222 e. The molecular formula is C11H22N2OS. The van der Waals surface area contributed by atoms with E-state index < -0.39 is 0 Å². The Morgan fingerprint density at radius 2 is 2.40 bits per heavy atom. The number of amides is 1. The van der Waals surface area contributed by atoms with E-state index >= 15 is 0 Å². The fourth-order valence-corrected chi connectivity index (χ4v) is 2.40. The molecule has 1 saturated heterocycles. The number of nitrogens with one attached hydrogen (secondary N) is 1. The van der Waals surface area contributed by atoms with Gasteiger partial charge in [-0.25, -0.2) is 0 Å². The molecule has 88 valence electrons. The highest BCUT2D eigenvalue weighted by Gasteiger charge is 2.21. The molecule has 0 aromatic heterocycles. The Morgan fingerprint density at radius 1 is 1.60 bits per heavy atom. The SMILES string of the molecule is CNC1CCCN(C(=O)CCCSC)C1. The van der Waals surface area contributed by atoms with Gasteiger partial charge in [-0.15, -0.1) is 0 Å². The second-order valence-electron chi connectivity index (χ2n) is 4.06. The van der Waals surface area contributed by atoms with E-state index in [4.69, 9.17) is 0 Å². The standard InChI is InChI=1S/C11H22N2OS/c1-12-10-5-3-7-13(9-10)11(14)6-4-8-15-2/h10,12H,3-9H2,1-2H3. The summed E-state index contributed by atoms with van der Waals surface area (Å²) in [4.78, 5) is 13.8. The normalized spacial score (nSPS) is 21.7. The van der Waals surface area contributed by atoms with Gasteiger partial charge in [-0.3, -0.25) is 4.79 Å². The molecule has 0 aromatic carbocycles. The first-order chi connectivity index (χ1) is 7.27. The van der Waals surface area contributed by atoms with Crippen LogP contribution in [-0.2, 0) is 4.79 Å². The lowest BCUT2D eigenvalue weighted by molar-refractivity contribution is -0.132. The fraction of sp³-hybridized carbons (Fsp3) is 0.909. The van der Waals surface area contributed by atoms with Crippen molar-refractivity contribution in [1.29, 1.82) is 0 Å². The van der Waals surface area contributed by atoms with Crippen molar-refractivity contribution in [2.24, 2.45) is 0 Å². The highest BCUT2D eigenvalue weighted by Crippen LogP contribution is 2.12. The molecule has 1 aliphatic rings. The second kappa shape index (κ2) is 7.12. The quantitative estimate of drug-likeness (QED) is 0.723. The van der Waals surface area contributed by atoms with Crippen molar-refractivity contribution >= 4 is 17.7 Å². The zero-order valence-corrected chi connectivity index (χ0v) is 10.6. The Hall–Kier alpha value is -0.220. The molecule has 0 aromatic rings. The minimum atomic E-state index is 0.337. The summed E-state index contributed by atoms with van der Waals surface area (Å²) in [6.45, 7) is 1.85. The minimum Gasteiger partial charge on any atom is -0.341 e. The summed E-state index contributed by atoms with van der Waals surface area (Å²) in [6.07, 6.45) is 6.16. The lowest BCUT2D eigenvalue weighted by Crippen LogP contribution is -2.46. The van der Waals surface area contributed by atoms with Crippen LogP contribution in [0.3, 0.4) is 0 Å². The van der Waals surface area contributed by atoms with Gasteiger partial charge in [-0.05, 0) is 38.3 Å². The van der Waals surface area contributed by atoms with Crippen LogP contribution in [0, 0.1) is 0 Å². The number of hydrogen-bond donors (Lipinski definition) is 1. The second-order valence-corrected chi connectivity index (χ2v) is 5.05. The van der Waals surface area contributed by atoms with E-state index in [1.165, 1.54) is 6.42 Å². The van der Waals surface area contributed by atoms with E-state index in [-0.39, 0.29) is 0 Å². The van der Waals surface area contributed by atoms with Crippen LogP contribution in [0.4, 0.5) is 0 Å². The van der Waals surface area contributed by atoms with Gasteiger partial charge in [0.2, 0.25) is 5.91 Å². The van der Waals surface area contributed by atoms with Crippen molar-refractivity contribution in [2.45, 2.75) is 31.7 Å². The third-order valence-corrected chi connectivity index (χ3v) is 3.62. The molecule has 3 nitrogen and oxygen atoms in total. The predicted octanol–water partition coefficient (Wildman–Crippen LogP) is 1.34. The number of nitrogens with zero attached hydrogens (tertiary/aromatic N) is 1. The maximum Gasteiger partial charge on any atom is 0.222 e. The molecular weight excluding hydrogens is 208 g/mol. The van der Waals surface area contributed by atoms with Gasteiger partial charge in [0.25, 0.3) is 0 Å². The first kappa shape index (κ1) is 12.8. The van der Waals surface area contributed by atoms with Crippen LogP contribution >= 0.6 is 11.8 Å². The molecule has 1 amide bonds. The van der Waals surface area contributed by atoms with Crippen LogP contribution in [0.25, 0.3) is 0 Å². The van der Waals surface area contributed by atoms with Gasteiger partial charge in [0.15, 0.2) is 0 Å². The molecule has 0 saturated carbocycles. The van der Waals surface area contributed by atoms with Crippen molar-refractivity contribution in [1.82, 2.24) is 10.2 Å². The van der Waals surface area contributed by atoms with E-state index in [1.807, 2.05) is 23.7 Å². The predicted molar refractivity (Wildman–Crippen MR) is 66.3 cm³/mol. The van der Waals surface area contributed by atoms with Crippen molar-refractivity contribution in [3.05, 3.63) is 0 Å². The van der Waals surface area contributed by atoms with Crippen molar-refractivity contribution in [2.75, 3.05) is 32.1 Å². The lowest BCUT2D eigenvalue weighted by Gasteiger charge is -2.32. The molecule has 1 aliphatic heterocycles. The zero-order chi connectivity index (χ0) is 11.1. The third-order valence-electron chi connectivity index (χ3n) is 2.92. The molecule has 4 heteroatoms. The summed E-state index contributed by atoms with van der Waals surface area (Å²) in [7, 11) is 1.98. The van der Waals surface area contributed by atoms with Crippen molar-refractivity contribution in [3.63, 3.8) is 0 Å². The monoisotopic (exact) mass is 230 g/mol. The minimum absolute atomic E-state index is 0.337. The summed E-state index contributed by atoms with van der Waals surface area (Å²) >= 11 is 1.81. The molecule has 0 radical (unpaired) electrons. The molecule has 1 atom stereocenters. The molecule has 1 rings (SSSR count). The van der Waals surface area contributed by atoms with Crippen LogP contribution in [-0.4, -0.2) is 49.0 Å². The number of hydrogen-bond acceptors (Lipinski definition) is 3. The highest BCUT2D eigenvalue weighted by atomic mass is 32.2. The summed E-state index contributed by atoms with van der Waals surface area (Å²) in [6, 6.07) is 0.503. The zero-order valence-electron chi connectivity index (χ0n) is 9.79.